The van der Waals surface area contributed by atoms with Crippen LogP contribution in [0.5, 0.6) is 0 Å². The molecule has 2 saturated heterocycles. The van der Waals surface area contributed by atoms with E-state index < -0.39 is 58.8 Å². The van der Waals surface area contributed by atoms with Crippen LogP contribution in [-0.4, -0.2) is 82.9 Å². The lowest BCUT2D eigenvalue weighted by molar-refractivity contribution is -0.140. The van der Waals surface area contributed by atoms with Crippen LogP contribution in [0, 0.1) is 0 Å². The fraction of sp³-hybridized carbons (Fsp3) is 0.560. The average Bonchev–Trinajstić information content (AvgIpc) is 3.28. The van der Waals surface area contributed by atoms with E-state index in [1.807, 2.05) is 0 Å². The maximum absolute atomic E-state index is 13.3. The number of piperidine rings is 1. The van der Waals surface area contributed by atoms with Crippen LogP contribution in [-0.2, 0) is 26.7 Å². The van der Waals surface area contributed by atoms with E-state index in [0.717, 1.165) is 23.4 Å². The second kappa shape index (κ2) is 10.7. The van der Waals surface area contributed by atoms with Crippen LogP contribution in [0.25, 0.3) is 0 Å². The van der Waals surface area contributed by atoms with E-state index in [0.29, 0.717) is 25.9 Å². The predicted molar refractivity (Wildman–Crippen MR) is 136 cm³/mol. The van der Waals surface area contributed by atoms with Gasteiger partial charge in [-0.3, -0.25) is 14.4 Å². The number of pyridine rings is 1. The second-order valence-corrected chi connectivity index (χ2v) is 10.5. The highest BCUT2D eigenvalue weighted by Gasteiger charge is 2.46. The molecule has 5 rings (SSSR count). The standard InChI is InChI=1S/C25H27F6N7O4/c1-12(34-15-10-33-35-21(39)19(15)25(29,30)31)11-42-18-4-6-37(23(18)41)14-3-5-38-17(8-14)22(40)36(2)16-7-13(24(26,27)28)9-32-20(16)38/h7,9-10,12,14,17-18H,3-6,8,11H2,1-2H3,(H2,34,35,39)/t12-,14-,17-,18+/m0/s1. The van der Waals surface area contributed by atoms with E-state index in [4.69, 9.17) is 4.74 Å². The number of nitrogens with one attached hydrogen (secondary N) is 2. The summed E-state index contributed by atoms with van der Waals surface area (Å²) in [5.74, 6) is -0.451. The van der Waals surface area contributed by atoms with Crippen LogP contribution in [0.2, 0.25) is 0 Å². The molecular formula is C25H27F6N7O4. The third kappa shape index (κ3) is 5.48. The quantitative estimate of drug-likeness (QED) is 0.484. The van der Waals surface area contributed by atoms with E-state index in [-0.39, 0.29) is 36.5 Å². The average molecular weight is 604 g/mol. The van der Waals surface area contributed by atoms with E-state index in [1.54, 1.807) is 14.9 Å². The van der Waals surface area contributed by atoms with Gasteiger partial charge in [-0.15, -0.1) is 0 Å². The molecule has 2 aromatic heterocycles. The molecule has 11 nitrogen and oxygen atoms in total. The number of anilines is 3. The van der Waals surface area contributed by atoms with Crippen molar-refractivity contribution in [3.05, 3.63) is 39.9 Å². The number of halogens is 6. The summed E-state index contributed by atoms with van der Waals surface area (Å²) >= 11 is 0. The molecule has 2 fully saturated rings. The number of aromatic nitrogens is 3. The fourth-order valence-electron chi connectivity index (χ4n) is 5.68. The van der Waals surface area contributed by atoms with Crippen molar-refractivity contribution in [1.29, 1.82) is 0 Å². The van der Waals surface area contributed by atoms with Gasteiger partial charge in [-0.25, -0.2) is 10.1 Å². The molecule has 4 atom stereocenters. The Bertz CT molecular complexity index is 1430. The minimum atomic E-state index is -4.91. The van der Waals surface area contributed by atoms with Crippen LogP contribution < -0.4 is 20.7 Å². The lowest BCUT2D eigenvalue weighted by Gasteiger charge is -2.47. The van der Waals surface area contributed by atoms with Crippen LogP contribution in [0.1, 0.15) is 37.3 Å². The SMILES string of the molecule is C[C@@H](CO[C@@H]1CCN([C@H]2CCN3c4ncc(C(F)(F)F)cc4N(C)C(=O)[C@@H]3C2)C1=O)Nc1cn[nH]c(=O)c1C(F)(F)F. The molecule has 0 bridgehead atoms. The van der Waals surface area contributed by atoms with Crippen molar-refractivity contribution < 1.29 is 40.7 Å². The molecular weight excluding hydrogens is 576 g/mol. The number of H-pyrrole nitrogens is 1. The molecule has 2 aromatic rings. The molecule has 0 spiro atoms. The molecule has 0 aliphatic carbocycles. The van der Waals surface area contributed by atoms with Gasteiger partial charge in [-0.05, 0) is 25.8 Å². The predicted octanol–water partition coefficient (Wildman–Crippen LogP) is 2.63. The Balaban J connectivity index is 1.21. The molecule has 42 heavy (non-hydrogen) atoms. The first-order chi connectivity index (χ1) is 19.7. The van der Waals surface area contributed by atoms with Gasteiger partial charge < -0.3 is 24.8 Å². The van der Waals surface area contributed by atoms with Gasteiger partial charge in [0.15, 0.2) is 5.82 Å². The van der Waals surface area contributed by atoms with Crippen LogP contribution >= 0.6 is 0 Å². The first-order valence-corrected chi connectivity index (χ1v) is 13.1. The van der Waals surface area contributed by atoms with Crippen molar-refractivity contribution in [3.8, 4) is 0 Å². The Kier molecular flexibility index (Phi) is 7.57. The zero-order chi connectivity index (χ0) is 30.6. The number of carbonyl (C=O) groups excluding carboxylic acids is 2. The Hall–Kier alpha value is -3.89. The number of ether oxygens (including phenoxy) is 1. The molecule has 228 valence electrons. The van der Waals surface area contributed by atoms with Crippen LogP contribution in [0.15, 0.2) is 23.3 Å². The van der Waals surface area contributed by atoms with Gasteiger partial charge in [0.1, 0.15) is 17.7 Å². The van der Waals surface area contributed by atoms with E-state index >= 15 is 0 Å². The van der Waals surface area contributed by atoms with Gasteiger partial charge in [0.2, 0.25) is 5.91 Å². The van der Waals surface area contributed by atoms with Crippen LogP contribution in [0.3, 0.4) is 0 Å². The number of aromatic amines is 1. The number of nitrogens with zero attached hydrogens (tertiary/aromatic N) is 5. The molecule has 2 N–H and O–H groups in total. The topological polar surface area (TPSA) is 124 Å². The molecule has 0 unspecified atom stereocenters. The summed E-state index contributed by atoms with van der Waals surface area (Å²) in [5.41, 5.74) is -4.21. The number of hydrogen-bond donors (Lipinski definition) is 2. The number of carbonyl (C=O) groups is 2. The zero-order valence-electron chi connectivity index (χ0n) is 22.4. The molecule has 0 radical (unpaired) electrons. The van der Waals surface area contributed by atoms with Crippen molar-refractivity contribution in [3.63, 3.8) is 0 Å². The number of rotatable bonds is 6. The molecule has 5 heterocycles. The highest BCUT2D eigenvalue weighted by Crippen LogP contribution is 2.41. The van der Waals surface area contributed by atoms with E-state index in [2.05, 4.69) is 15.4 Å². The molecule has 3 aliphatic rings. The third-order valence-corrected chi connectivity index (χ3v) is 7.72. The number of amides is 2. The van der Waals surface area contributed by atoms with Gasteiger partial charge in [-0.2, -0.15) is 31.4 Å². The maximum Gasteiger partial charge on any atom is 0.423 e. The number of likely N-dealkylation sites (tertiary alicyclic amines) is 1. The summed E-state index contributed by atoms with van der Waals surface area (Å²) in [4.78, 5) is 46.5. The van der Waals surface area contributed by atoms with Crippen LogP contribution in [0.4, 0.5) is 43.5 Å². The first kappa shape index (κ1) is 29.6. The van der Waals surface area contributed by atoms with Gasteiger partial charge in [0.05, 0.1) is 29.7 Å². The Morgan fingerprint density at radius 2 is 1.76 bits per heavy atom. The van der Waals surface area contributed by atoms with Gasteiger partial charge in [0, 0.05) is 44.8 Å². The lowest BCUT2D eigenvalue weighted by Crippen LogP contribution is -2.59. The highest BCUT2D eigenvalue weighted by molar-refractivity contribution is 6.04. The minimum Gasteiger partial charge on any atom is -0.378 e. The number of fused-ring (bicyclic) bond motifs is 3. The Labute approximate surface area is 234 Å². The number of likely N-dealkylation sites (N-methyl/N-ethyl adjacent to an activating group) is 1. The smallest absolute Gasteiger partial charge is 0.378 e. The number of hydrogen-bond acceptors (Lipinski definition) is 8. The molecule has 2 amide bonds. The summed E-state index contributed by atoms with van der Waals surface area (Å²) in [7, 11) is 1.39. The first-order valence-electron chi connectivity index (χ1n) is 13.1. The summed E-state index contributed by atoms with van der Waals surface area (Å²) < 4.78 is 85.3. The van der Waals surface area contributed by atoms with Crippen molar-refractivity contribution in [1.82, 2.24) is 20.1 Å². The third-order valence-electron chi connectivity index (χ3n) is 7.72. The van der Waals surface area contributed by atoms with E-state index in [1.165, 1.54) is 14.0 Å². The molecule has 3 aliphatic heterocycles. The van der Waals surface area contributed by atoms with Crippen molar-refractivity contribution in [2.75, 3.05) is 41.9 Å². The van der Waals surface area contributed by atoms with Gasteiger partial charge in [0.25, 0.3) is 11.5 Å². The Morgan fingerprint density at radius 3 is 2.45 bits per heavy atom. The summed E-state index contributed by atoms with van der Waals surface area (Å²) in [6, 6.07) is -0.845. The Morgan fingerprint density at radius 1 is 1.05 bits per heavy atom. The molecule has 0 aromatic carbocycles. The van der Waals surface area contributed by atoms with Crippen molar-refractivity contribution in [2.45, 2.75) is 62.8 Å². The van der Waals surface area contributed by atoms with E-state index in [9.17, 15) is 40.7 Å². The second-order valence-electron chi connectivity index (χ2n) is 10.5. The molecule has 0 saturated carbocycles. The minimum absolute atomic E-state index is 0.0659. The largest absolute Gasteiger partial charge is 0.423 e. The zero-order valence-corrected chi connectivity index (χ0v) is 22.4. The molecule has 17 heteroatoms. The monoisotopic (exact) mass is 603 g/mol. The number of alkyl halides is 6. The van der Waals surface area contributed by atoms with Crippen molar-refractivity contribution in [2.24, 2.45) is 0 Å². The summed E-state index contributed by atoms with van der Waals surface area (Å²) in [6.45, 7) is 2.03. The van der Waals surface area contributed by atoms with Gasteiger partial charge >= 0.3 is 12.4 Å². The maximum atomic E-state index is 13.3. The highest BCUT2D eigenvalue weighted by atomic mass is 19.4. The van der Waals surface area contributed by atoms with Gasteiger partial charge in [-0.1, -0.05) is 0 Å². The fourth-order valence-corrected chi connectivity index (χ4v) is 5.68. The summed E-state index contributed by atoms with van der Waals surface area (Å²) in [6.07, 6.45) is -7.75. The van der Waals surface area contributed by atoms with Crippen molar-refractivity contribution >= 4 is 29.0 Å². The normalized spacial score (nSPS) is 23.6. The lowest BCUT2D eigenvalue weighted by atomic mass is 9.92. The summed E-state index contributed by atoms with van der Waals surface area (Å²) in [5, 5.41) is 7.72.